The number of carbonyl (C=O) groups excluding carboxylic acids is 1. The lowest BCUT2D eigenvalue weighted by molar-refractivity contribution is -0.122. The largest absolute Gasteiger partial charge is 0.497 e. The van der Waals surface area contributed by atoms with Gasteiger partial charge in [0, 0.05) is 6.54 Å². The number of hydrogen-bond acceptors (Lipinski definition) is 4. The first-order valence-electron chi connectivity index (χ1n) is 6.44. The lowest BCUT2D eigenvalue weighted by atomic mass is 10.2. The van der Waals surface area contributed by atoms with Crippen molar-refractivity contribution in [2.45, 2.75) is 13.0 Å². The first kappa shape index (κ1) is 15.5. The summed E-state index contributed by atoms with van der Waals surface area (Å²) in [4.78, 5) is 13.7. The average molecular weight is 265 g/mol. The molecule has 3 N–H and O–H groups in total. The molecule has 0 radical (unpaired) electrons. The predicted octanol–water partition coefficient (Wildman–Crippen LogP) is 0.592. The van der Waals surface area contributed by atoms with Crippen molar-refractivity contribution in [2.75, 3.05) is 33.8 Å². The van der Waals surface area contributed by atoms with Crippen molar-refractivity contribution in [1.82, 2.24) is 10.2 Å². The third kappa shape index (κ3) is 6.22. The van der Waals surface area contributed by atoms with Gasteiger partial charge in [-0.25, -0.2) is 0 Å². The Morgan fingerprint density at radius 2 is 2.26 bits per heavy atom. The first-order valence-corrected chi connectivity index (χ1v) is 6.44. The molecule has 0 saturated heterocycles. The summed E-state index contributed by atoms with van der Waals surface area (Å²) >= 11 is 0. The fourth-order valence-electron chi connectivity index (χ4n) is 1.72. The van der Waals surface area contributed by atoms with Gasteiger partial charge in [0.2, 0.25) is 5.91 Å². The van der Waals surface area contributed by atoms with Gasteiger partial charge in [-0.3, -0.25) is 9.69 Å². The molecule has 0 bridgehead atoms. The molecule has 19 heavy (non-hydrogen) atoms. The monoisotopic (exact) mass is 265 g/mol. The fraction of sp³-hybridized carbons (Fsp3) is 0.500. The van der Waals surface area contributed by atoms with Crippen LogP contribution in [0.1, 0.15) is 12.0 Å². The van der Waals surface area contributed by atoms with Crippen molar-refractivity contribution in [1.29, 1.82) is 0 Å². The first-order chi connectivity index (χ1) is 9.15. The summed E-state index contributed by atoms with van der Waals surface area (Å²) in [6, 6.07) is 7.67. The molecule has 0 aromatic heterocycles. The van der Waals surface area contributed by atoms with Crippen LogP contribution in [0.3, 0.4) is 0 Å². The van der Waals surface area contributed by atoms with Crippen molar-refractivity contribution >= 4 is 5.91 Å². The summed E-state index contributed by atoms with van der Waals surface area (Å²) in [5.74, 6) is 0.814. The fourth-order valence-corrected chi connectivity index (χ4v) is 1.72. The van der Waals surface area contributed by atoms with Gasteiger partial charge in [0.05, 0.1) is 13.7 Å². The predicted molar refractivity (Wildman–Crippen MR) is 76.0 cm³/mol. The van der Waals surface area contributed by atoms with E-state index in [0.717, 1.165) is 24.3 Å². The number of amides is 1. The number of likely N-dealkylation sites (N-methyl/N-ethyl adjacent to an activating group) is 1. The number of nitrogens with zero attached hydrogens (tertiary/aromatic N) is 1. The normalized spacial score (nSPS) is 10.5. The van der Waals surface area contributed by atoms with Crippen LogP contribution < -0.4 is 15.8 Å². The van der Waals surface area contributed by atoms with Crippen LogP contribution in [0.15, 0.2) is 24.3 Å². The van der Waals surface area contributed by atoms with Gasteiger partial charge in [0.25, 0.3) is 0 Å². The summed E-state index contributed by atoms with van der Waals surface area (Å²) in [6.07, 6.45) is 0.902. The van der Waals surface area contributed by atoms with Crippen molar-refractivity contribution < 1.29 is 9.53 Å². The van der Waals surface area contributed by atoms with Crippen molar-refractivity contribution in [3.63, 3.8) is 0 Å². The minimum Gasteiger partial charge on any atom is -0.497 e. The van der Waals surface area contributed by atoms with Crippen LogP contribution in [-0.2, 0) is 11.3 Å². The second kappa shape index (κ2) is 8.50. The molecule has 0 saturated carbocycles. The van der Waals surface area contributed by atoms with Crippen molar-refractivity contribution in [3.8, 4) is 5.75 Å². The Kier molecular flexibility index (Phi) is 6.92. The highest BCUT2D eigenvalue weighted by molar-refractivity contribution is 5.77. The zero-order valence-corrected chi connectivity index (χ0v) is 11.7. The molecule has 1 amide bonds. The lowest BCUT2D eigenvalue weighted by Gasteiger charge is -2.15. The third-order valence-electron chi connectivity index (χ3n) is 2.78. The zero-order chi connectivity index (χ0) is 14.1. The van der Waals surface area contributed by atoms with E-state index in [9.17, 15) is 4.79 Å². The number of ether oxygens (including phenoxy) is 1. The summed E-state index contributed by atoms with van der Waals surface area (Å²) < 4.78 is 5.14. The van der Waals surface area contributed by atoms with E-state index in [1.807, 2.05) is 36.2 Å². The van der Waals surface area contributed by atoms with E-state index in [4.69, 9.17) is 10.5 Å². The minimum atomic E-state index is 0.0161. The standard InChI is InChI=1S/C14H23N3O2/c1-17(8-4-7-15)11-14(18)16-10-12-5-3-6-13(9-12)19-2/h3,5-6,9H,4,7-8,10-11,15H2,1-2H3,(H,16,18). The number of nitrogens with two attached hydrogens (primary N) is 1. The Hall–Kier alpha value is -1.59. The molecule has 5 heteroatoms. The number of hydrogen-bond donors (Lipinski definition) is 2. The molecule has 0 spiro atoms. The van der Waals surface area contributed by atoms with E-state index in [1.54, 1.807) is 7.11 Å². The van der Waals surface area contributed by atoms with Gasteiger partial charge < -0.3 is 15.8 Å². The maximum Gasteiger partial charge on any atom is 0.234 e. The zero-order valence-electron chi connectivity index (χ0n) is 11.7. The van der Waals surface area contributed by atoms with Crippen LogP contribution in [-0.4, -0.2) is 44.6 Å². The molecule has 0 fully saturated rings. The Bertz CT molecular complexity index is 396. The number of nitrogens with one attached hydrogen (secondary N) is 1. The second-order valence-corrected chi connectivity index (χ2v) is 4.51. The average Bonchev–Trinajstić information content (AvgIpc) is 2.43. The van der Waals surface area contributed by atoms with E-state index < -0.39 is 0 Å². The van der Waals surface area contributed by atoms with Gasteiger partial charge in [-0.2, -0.15) is 0 Å². The molecule has 0 aliphatic heterocycles. The molecule has 106 valence electrons. The minimum absolute atomic E-state index is 0.0161. The molecule has 1 rings (SSSR count). The van der Waals surface area contributed by atoms with Gasteiger partial charge in [0.15, 0.2) is 0 Å². The molecule has 0 unspecified atom stereocenters. The van der Waals surface area contributed by atoms with Crippen LogP contribution in [0.5, 0.6) is 5.75 Å². The van der Waals surface area contributed by atoms with E-state index >= 15 is 0 Å². The Morgan fingerprint density at radius 3 is 2.95 bits per heavy atom. The molecule has 0 aliphatic carbocycles. The molecular weight excluding hydrogens is 242 g/mol. The number of carbonyl (C=O) groups is 1. The van der Waals surface area contributed by atoms with Crippen LogP contribution in [0.25, 0.3) is 0 Å². The highest BCUT2D eigenvalue weighted by atomic mass is 16.5. The van der Waals surface area contributed by atoms with Crippen molar-refractivity contribution in [2.24, 2.45) is 5.73 Å². The maximum atomic E-state index is 11.7. The van der Waals surface area contributed by atoms with Gasteiger partial charge in [0.1, 0.15) is 5.75 Å². The second-order valence-electron chi connectivity index (χ2n) is 4.51. The van der Waals surface area contributed by atoms with Gasteiger partial charge in [-0.15, -0.1) is 0 Å². The summed E-state index contributed by atoms with van der Waals surface area (Å²) in [6.45, 7) is 2.39. The van der Waals surface area contributed by atoms with E-state index in [1.165, 1.54) is 0 Å². The molecule has 0 aliphatic rings. The highest BCUT2D eigenvalue weighted by Gasteiger charge is 2.05. The summed E-state index contributed by atoms with van der Waals surface area (Å²) in [7, 11) is 3.55. The van der Waals surface area contributed by atoms with Gasteiger partial charge in [-0.1, -0.05) is 12.1 Å². The molecule has 5 nitrogen and oxygen atoms in total. The van der Waals surface area contributed by atoms with Crippen LogP contribution in [0.4, 0.5) is 0 Å². The summed E-state index contributed by atoms with van der Waals surface area (Å²) in [5.41, 5.74) is 6.46. The molecule has 0 heterocycles. The van der Waals surface area contributed by atoms with Gasteiger partial charge >= 0.3 is 0 Å². The third-order valence-corrected chi connectivity index (χ3v) is 2.78. The smallest absolute Gasteiger partial charge is 0.234 e. The Labute approximate surface area is 114 Å². The molecule has 1 aromatic carbocycles. The summed E-state index contributed by atoms with van der Waals surface area (Å²) in [5, 5.41) is 2.89. The van der Waals surface area contributed by atoms with Gasteiger partial charge in [-0.05, 0) is 44.3 Å². The van der Waals surface area contributed by atoms with Crippen LogP contribution >= 0.6 is 0 Å². The Morgan fingerprint density at radius 1 is 1.47 bits per heavy atom. The number of methoxy groups -OCH3 is 1. The number of benzene rings is 1. The molecular formula is C14H23N3O2. The Balaban J connectivity index is 2.33. The highest BCUT2D eigenvalue weighted by Crippen LogP contribution is 2.11. The lowest BCUT2D eigenvalue weighted by Crippen LogP contribution is -2.35. The molecule has 1 aromatic rings. The quantitative estimate of drug-likeness (QED) is 0.722. The van der Waals surface area contributed by atoms with E-state index in [2.05, 4.69) is 5.32 Å². The molecule has 0 atom stereocenters. The van der Waals surface area contributed by atoms with Crippen LogP contribution in [0.2, 0.25) is 0 Å². The topological polar surface area (TPSA) is 67.6 Å². The number of rotatable bonds is 8. The SMILES string of the molecule is COc1cccc(CNC(=O)CN(C)CCCN)c1. The van der Waals surface area contributed by atoms with E-state index in [0.29, 0.717) is 19.6 Å². The van der Waals surface area contributed by atoms with E-state index in [-0.39, 0.29) is 5.91 Å². The van der Waals surface area contributed by atoms with Crippen LogP contribution in [0, 0.1) is 0 Å². The van der Waals surface area contributed by atoms with Crippen molar-refractivity contribution in [3.05, 3.63) is 29.8 Å². The maximum absolute atomic E-state index is 11.7.